The van der Waals surface area contributed by atoms with Crippen LogP contribution in [0.1, 0.15) is 23.3 Å². The second kappa shape index (κ2) is 7.05. The molecule has 1 aromatic heterocycles. The van der Waals surface area contributed by atoms with Gasteiger partial charge in [-0.2, -0.15) is 0 Å². The van der Waals surface area contributed by atoms with E-state index in [9.17, 15) is 4.79 Å². The molecule has 1 aromatic carbocycles. The molecule has 2 aromatic rings. The molecule has 20 heavy (non-hydrogen) atoms. The summed E-state index contributed by atoms with van der Waals surface area (Å²) in [6.07, 6.45) is 3.48. The second-order valence-corrected chi connectivity index (χ2v) is 5.28. The van der Waals surface area contributed by atoms with Gasteiger partial charge in [0.15, 0.2) is 5.16 Å². The zero-order chi connectivity index (χ0) is 14.4. The minimum atomic E-state index is -0.446. The number of hydrogen-bond acceptors (Lipinski definition) is 5. The van der Waals surface area contributed by atoms with Gasteiger partial charge < -0.3 is 4.74 Å². The molecular formula is C15H16N2O2S. The number of carbonyl (C=O) groups excluding carboxylic acids is 1. The Morgan fingerprint density at radius 3 is 2.50 bits per heavy atom. The summed E-state index contributed by atoms with van der Waals surface area (Å²) in [5.41, 5.74) is 1.88. The van der Waals surface area contributed by atoms with E-state index in [0.29, 0.717) is 11.8 Å². The van der Waals surface area contributed by atoms with E-state index in [-0.39, 0.29) is 5.97 Å². The maximum atomic E-state index is 12.1. The van der Waals surface area contributed by atoms with Gasteiger partial charge in [0.2, 0.25) is 0 Å². The highest BCUT2D eigenvalue weighted by atomic mass is 32.2. The Hall–Kier alpha value is -1.88. The lowest BCUT2D eigenvalue weighted by molar-refractivity contribution is -0.142. The maximum Gasteiger partial charge on any atom is 0.324 e. The Morgan fingerprint density at radius 1 is 1.25 bits per heavy atom. The molecule has 4 nitrogen and oxygen atoms in total. The third kappa shape index (κ3) is 3.81. The molecule has 1 atom stereocenters. The van der Waals surface area contributed by atoms with Gasteiger partial charge in [-0.05, 0) is 25.0 Å². The van der Waals surface area contributed by atoms with Crippen molar-refractivity contribution in [3.8, 4) is 0 Å². The number of ether oxygens (including phenoxy) is 1. The standard InChI is InChI=1S/C15H16N2O2S/c1-3-19-14(18)13(12-7-5-4-6-8-12)20-15-16-9-11(2)10-17-15/h4-10,13H,3H2,1-2H3/t13-/m1/s1. The van der Waals surface area contributed by atoms with Crippen LogP contribution in [0, 0.1) is 6.92 Å². The molecule has 0 aliphatic heterocycles. The van der Waals surface area contributed by atoms with Crippen LogP contribution in [0.4, 0.5) is 0 Å². The Balaban J connectivity index is 2.23. The van der Waals surface area contributed by atoms with E-state index in [0.717, 1.165) is 11.1 Å². The summed E-state index contributed by atoms with van der Waals surface area (Å²) in [4.78, 5) is 20.6. The largest absolute Gasteiger partial charge is 0.465 e. The van der Waals surface area contributed by atoms with Crippen LogP contribution in [0.5, 0.6) is 0 Å². The van der Waals surface area contributed by atoms with E-state index in [2.05, 4.69) is 9.97 Å². The van der Waals surface area contributed by atoms with Crippen molar-refractivity contribution in [3.63, 3.8) is 0 Å². The molecule has 5 heteroatoms. The number of hydrogen-bond donors (Lipinski definition) is 0. The molecule has 104 valence electrons. The molecule has 0 saturated heterocycles. The van der Waals surface area contributed by atoms with Crippen LogP contribution in [-0.2, 0) is 9.53 Å². The average molecular weight is 288 g/mol. The fourth-order valence-electron chi connectivity index (χ4n) is 1.65. The van der Waals surface area contributed by atoms with Gasteiger partial charge >= 0.3 is 5.97 Å². The van der Waals surface area contributed by atoms with Gasteiger partial charge in [0.1, 0.15) is 5.25 Å². The number of nitrogens with zero attached hydrogens (tertiary/aromatic N) is 2. The van der Waals surface area contributed by atoms with Crippen LogP contribution < -0.4 is 0 Å². The first kappa shape index (κ1) is 14.5. The minimum Gasteiger partial charge on any atom is -0.465 e. The monoisotopic (exact) mass is 288 g/mol. The van der Waals surface area contributed by atoms with Crippen molar-refractivity contribution in [1.82, 2.24) is 9.97 Å². The van der Waals surface area contributed by atoms with Crippen molar-refractivity contribution in [1.29, 1.82) is 0 Å². The van der Waals surface area contributed by atoms with Crippen LogP contribution in [-0.4, -0.2) is 22.5 Å². The first-order valence-electron chi connectivity index (χ1n) is 6.37. The van der Waals surface area contributed by atoms with Crippen LogP contribution in [0.15, 0.2) is 47.9 Å². The van der Waals surface area contributed by atoms with Crippen LogP contribution in [0.25, 0.3) is 0 Å². The topological polar surface area (TPSA) is 52.1 Å². The molecule has 0 radical (unpaired) electrons. The van der Waals surface area contributed by atoms with Gasteiger partial charge in [0.25, 0.3) is 0 Å². The third-order valence-corrected chi connectivity index (χ3v) is 3.71. The highest BCUT2D eigenvalue weighted by Gasteiger charge is 2.24. The molecule has 0 unspecified atom stereocenters. The molecule has 1 heterocycles. The summed E-state index contributed by atoms with van der Waals surface area (Å²) < 4.78 is 5.14. The second-order valence-electron chi connectivity index (χ2n) is 4.20. The predicted molar refractivity (Wildman–Crippen MR) is 78.4 cm³/mol. The Labute approximate surface area is 122 Å². The molecule has 0 saturated carbocycles. The van der Waals surface area contributed by atoms with E-state index in [1.807, 2.05) is 37.3 Å². The number of benzene rings is 1. The minimum absolute atomic E-state index is 0.270. The zero-order valence-corrected chi connectivity index (χ0v) is 12.3. The summed E-state index contributed by atoms with van der Waals surface area (Å²) in [6.45, 7) is 4.08. The van der Waals surface area contributed by atoms with Crippen LogP contribution in [0.2, 0.25) is 0 Å². The number of esters is 1. The molecule has 0 aliphatic rings. The van der Waals surface area contributed by atoms with Crippen molar-refractivity contribution in [2.45, 2.75) is 24.3 Å². The highest BCUT2D eigenvalue weighted by Crippen LogP contribution is 2.34. The average Bonchev–Trinajstić information content (AvgIpc) is 2.48. The smallest absolute Gasteiger partial charge is 0.324 e. The first-order valence-corrected chi connectivity index (χ1v) is 7.25. The van der Waals surface area contributed by atoms with Crippen molar-refractivity contribution in [3.05, 3.63) is 53.9 Å². The number of aryl methyl sites for hydroxylation is 1. The zero-order valence-electron chi connectivity index (χ0n) is 11.4. The van der Waals surface area contributed by atoms with Gasteiger partial charge in [0, 0.05) is 12.4 Å². The fraction of sp³-hybridized carbons (Fsp3) is 0.267. The lowest BCUT2D eigenvalue weighted by Gasteiger charge is -2.14. The molecule has 0 bridgehead atoms. The lowest BCUT2D eigenvalue weighted by Crippen LogP contribution is -2.13. The van der Waals surface area contributed by atoms with E-state index in [1.165, 1.54) is 11.8 Å². The number of rotatable bonds is 5. The van der Waals surface area contributed by atoms with Crippen LogP contribution in [0.3, 0.4) is 0 Å². The Morgan fingerprint density at radius 2 is 1.90 bits per heavy atom. The summed E-state index contributed by atoms with van der Waals surface area (Å²) in [7, 11) is 0. The first-order chi connectivity index (χ1) is 9.70. The van der Waals surface area contributed by atoms with E-state index >= 15 is 0 Å². The van der Waals surface area contributed by atoms with Gasteiger partial charge in [-0.1, -0.05) is 42.1 Å². The molecule has 0 N–H and O–H groups in total. The predicted octanol–water partition coefficient (Wildman–Crippen LogP) is 3.18. The molecule has 0 spiro atoms. The molecule has 0 aliphatic carbocycles. The van der Waals surface area contributed by atoms with E-state index < -0.39 is 5.25 Å². The van der Waals surface area contributed by atoms with E-state index in [1.54, 1.807) is 19.3 Å². The van der Waals surface area contributed by atoms with Crippen molar-refractivity contribution >= 4 is 17.7 Å². The lowest BCUT2D eigenvalue weighted by atomic mass is 10.1. The summed E-state index contributed by atoms with van der Waals surface area (Å²) in [5.74, 6) is -0.270. The maximum absolute atomic E-state index is 12.1. The Bertz CT molecular complexity index is 558. The molecule has 0 fully saturated rings. The van der Waals surface area contributed by atoms with E-state index in [4.69, 9.17) is 4.74 Å². The number of carbonyl (C=O) groups is 1. The fourth-order valence-corrected chi connectivity index (χ4v) is 2.54. The molecule has 2 rings (SSSR count). The van der Waals surface area contributed by atoms with Crippen LogP contribution >= 0.6 is 11.8 Å². The summed E-state index contributed by atoms with van der Waals surface area (Å²) >= 11 is 1.30. The van der Waals surface area contributed by atoms with Crippen molar-refractivity contribution in [2.24, 2.45) is 0 Å². The summed E-state index contributed by atoms with van der Waals surface area (Å²) in [5, 5.41) is 0.122. The molecule has 0 amide bonds. The van der Waals surface area contributed by atoms with Gasteiger partial charge in [-0.25, -0.2) is 9.97 Å². The highest BCUT2D eigenvalue weighted by molar-refractivity contribution is 8.00. The van der Waals surface area contributed by atoms with Crippen molar-refractivity contribution < 1.29 is 9.53 Å². The number of thioether (sulfide) groups is 1. The normalized spacial score (nSPS) is 11.9. The number of aromatic nitrogens is 2. The SMILES string of the molecule is CCOC(=O)[C@H](Sc1ncc(C)cn1)c1ccccc1. The third-order valence-electron chi connectivity index (χ3n) is 2.58. The van der Waals surface area contributed by atoms with Gasteiger partial charge in [-0.15, -0.1) is 0 Å². The van der Waals surface area contributed by atoms with Gasteiger partial charge in [-0.3, -0.25) is 4.79 Å². The van der Waals surface area contributed by atoms with Gasteiger partial charge in [0.05, 0.1) is 6.61 Å². The Kier molecular flexibility index (Phi) is 5.12. The summed E-state index contributed by atoms with van der Waals surface area (Å²) in [6, 6.07) is 9.53. The quantitative estimate of drug-likeness (QED) is 0.480. The van der Waals surface area contributed by atoms with Crippen molar-refractivity contribution in [2.75, 3.05) is 6.61 Å². The molecular weight excluding hydrogens is 272 g/mol.